The van der Waals surface area contributed by atoms with Gasteiger partial charge in [0.05, 0.1) is 18.8 Å². The van der Waals surface area contributed by atoms with Gasteiger partial charge in [0.2, 0.25) is 0 Å². The number of ether oxygens (including phenoxy) is 1. The van der Waals surface area contributed by atoms with Crippen LogP contribution in [-0.4, -0.2) is 49.5 Å². The first-order valence-corrected chi connectivity index (χ1v) is 4.06. The first-order valence-electron chi connectivity index (χ1n) is 4.06. The lowest BCUT2D eigenvalue weighted by Gasteiger charge is -2.33. The van der Waals surface area contributed by atoms with Crippen LogP contribution in [-0.2, 0) is 4.74 Å². The van der Waals surface area contributed by atoms with Gasteiger partial charge in [-0.2, -0.15) is 0 Å². The Labute approximate surface area is 68.0 Å². The highest BCUT2D eigenvalue weighted by Crippen LogP contribution is 2.27. The maximum atomic E-state index is 9.20. The zero-order chi connectivity index (χ0) is 8.32. The SMILES string of the molecule is COCC1(CO)CCCN1C. The lowest BCUT2D eigenvalue weighted by atomic mass is 9.99. The molecule has 11 heavy (non-hydrogen) atoms. The van der Waals surface area contributed by atoms with E-state index in [0.29, 0.717) is 6.61 Å². The molecule has 3 nitrogen and oxygen atoms in total. The quantitative estimate of drug-likeness (QED) is 0.633. The number of aliphatic hydroxyl groups is 1. The molecule has 0 aromatic heterocycles. The summed E-state index contributed by atoms with van der Waals surface area (Å²) in [6.07, 6.45) is 2.22. The van der Waals surface area contributed by atoms with Crippen LogP contribution in [0.15, 0.2) is 0 Å². The average Bonchev–Trinajstić information content (AvgIpc) is 2.35. The molecule has 3 heteroatoms. The maximum Gasteiger partial charge on any atom is 0.0673 e. The molecular formula is C8H17NO2. The van der Waals surface area contributed by atoms with E-state index in [1.54, 1.807) is 7.11 Å². The molecule has 0 saturated carbocycles. The Kier molecular flexibility index (Phi) is 2.87. The van der Waals surface area contributed by atoms with Crippen LogP contribution in [0.1, 0.15) is 12.8 Å². The van der Waals surface area contributed by atoms with E-state index < -0.39 is 0 Å². The van der Waals surface area contributed by atoms with E-state index in [1.807, 2.05) is 7.05 Å². The Morgan fingerprint density at radius 1 is 1.64 bits per heavy atom. The van der Waals surface area contributed by atoms with E-state index in [2.05, 4.69) is 4.90 Å². The summed E-state index contributed by atoms with van der Waals surface area (Å²) < 4.78 is 5.09. The van der Waals surface area contributed by atoms with Gasteiger partial charge in [-0.25, -0.2) is 0 Å². The molecule has 0 aromatic rings. The van der Waals surface area contributed by atoms with Gasteiger partial charge in [-0.3, -0.25) is 4.90 Å². The van der Waals surface area contributed by atoms with E-state index in [-0.39, 0.29) is 12.1 Å². The molecule has 0 aromatic carbocycles. The first-order chi connectivity index (χ1) is 5.25. The van der Waals surface area contributed by atoms with Crippen molar-refractivity contribution in [3.05, 3.63) is 0 Å². The Balaban J connectivity index is 2.57. The van der Waals surface area contributed by atoms with Crippen LogP contribution in [0.5, 0.6) is 0 Å². The lowest BCUT2D eigenvalue weighted by molar-refractivity contribution is 0.0107. The van der Waals surface area contributed by atoms with Crippen LogP contribution in [0.3, 0.4) is 0 Å². The standard InChI is InChI=1S/C8H17NO2/c1-9-5-3-4-8(9,6-10)7-11-2/h10H,3-7H2,1-2H3. The number of likely N-dealkylation sites (N-methyl/N-ethyl adjacent to an activating group) is 1. The summed E-state index contributed by atoms with van der Waals surface area (Å²) in [6.45, 7) is 1.92. The smallest absolute Gasteiger partial charge is 0.0673 e. The van der Waals surface area contributed by atoms with Gasteiger partial charge in [-0.05, 0) is 26.4 Å². The summed E-state index contributed by atoms with van der Waals surface area (Å²) in [5, 5.41) is 9.20. The van der Waals surface area contributed by atoms with Crippen LogP contribution in [0.2, 0.25) is 0 Å². The molecule has 1 saturated heterocycles. The van der Waals surface area contributed by atoms with Crippen molar-refractivity contribution in [2.45, 2.75) is 18.4 Å². The van der Waals surface area contributed by atoms with Crippen molar-refractivity contribution in [3.63, 3.8) is 0 Å². The normalized spacial score (nSPS) is 33.0. The van der Waals surface area contributed by atoms with Gasteiger partial charge in [0.15, 0.2) is 0 Å². The van der Waals surface area contributed by atoms with Gasteiger partial charge in [-0.1, -0.05) is 0 Å². The molecule has 0 aliphatic carbocycles. The second kappa shape index (κ2) is 3.52. The number of aliphatic hydroxyl groups excluding tert-OH is 1. The summed E-state index contributed by atoms with van der Waals surface area (Å²) >= 11 is 0. The summed E-state index contributed by atoms with van der Waals surface area (Å²) in [4.78, 5) is 2.19. The number of hydrogen-bond acceptors (Lipinski definition) is 3. The van der Waals surface area contributed by atoms with Crippen molar-refractivity contribution in [2.24, 2.45) is 0 Å². The van der Waals surface area contributed by atoms with Crippen molar-refractivity contribution < 1.29 is 9.84 Å². The lowest BCUT2D eigenvalue weighted by Crippen LogP contribution is -2.48. The van der Waals surface area contributed by atoms with Gasteiger partial charge in [0.1, 0.15) is 0 Å². The second-order valence-corrected chi connectivity index (χ2v) is 3.34. The largest absolute Gasteiger partial charge is 0.394 e. The van der Waals surface area contributed by atoms with Crippen LogP contribution in [0, 0.1) is 0 Å². The van der Waals surface area contributed by atoms with Crippen LogP contribution < -0.4 is 0 Å². The van der Waals surface area contributed by atoms with Gasteiger partial charge >= 0.3 is 0 Å². The minimum absolute atomic E-state index is 0.0885. The molecule has 0 spiro atoms. The number of rotatable bonds is 3. The fraction of sp³-hybridized carbons (Fsp3) is 1.00. The van der Waals surface area contributed by atoms with Crippen molar-refractivity contribution in [1.29, 1.82) is 0 Å². The highest BCUT2D eigenvalue weighted by molar-refractivity contribution is 4.93. The third-order valence-corrected chi connectivity index (χ3v) is 2.65. The number of nitrogens with zero attached hydrogens (tertiary/aromatic N) is 1. The average molecular weight is 159 g/mol. The Hall–Kier alpha value is -0.120. The summed E-state index contributed by atoms with van der Waals surface area (Å²) in [5.74, 6) is 0. The minimum Gasteiger partial charge on any atom is -0.394 e. The molecule has 1 aliphatic heterocycles. The van der Waals surface area contributed by atoms with E-state index in [4.69, 9.17) is 4.74 Å². The zero-order valence-electron chi connectivity index (χ0n) is 7.34. The molecule has 1 fully saturated rings. The molecular weight excluding hydrogens is 142 g/mol. The van der Waals surface area contributed by atoms with E-state index >= 15 is 0 Å². The Morgan fingerprint density at radius 3 is 2.73 bits per heavy atom. The highest BCUT2D eigenvalue weighted by atomic mass is 16.5. The molecule has 1 aliphatic rings. The third kappa shape index (κ3) is 1.55. The minimum atomic E-state index is -0.0885. The molecule has 0 amide bonds. The van der Waals surface area contributed by atoms with Gasteiger partial charge in [0, 0.05) is 7.11 Å². The summed E-state index contributed by atoms with van der Waals surface area (Å²) in [6, 6.07) is 0. The van der Waals surface area contributed by atoms with Crippen molar-refractivity contribution in [1.82, 2.24) is 4.90 Å². The maximum absolute atomic E-state index is 9.20. The molecule has 1 rings (SSSR count). The first kappa shape index (κ1) is 8.97. The van der Waals surface area contributed by atoms with Gasteiger partial charge in [0.25, 0.3) is 0 Å². The number of hydrogen-bond donors (Lipinski definition) is 1. The predicted molar refractivity (Wildman–Crippen MR) is 43.6 cm³/mol. The Morgan fingerprint density at radius 2 is 2.36 bits per heavy atom. The van der Waals surface area contributed by atoms with Crippen molar-refractivity contribution in [3.8, 4) is 0 Å². The topological polar surface area (TPSA) is 32.7 Å². The number of methoxy groups -OCH3 is 1. The molecule has 0 bridgehead atoms. The van der Waals surface area contributed by atoms with E-state index in [0.717, 1.165) is 13.0 Å². The predicted octanol–water partition coefficient (Wildman–Crippen LogP) is 0.0895. The molecule has 1 heterocycles. The third-order valence-electron chi connectivity index (χ3n) is 2.65. The van der Waals surface area contributed by atoms with Crippen molar-refractivity contribution >= 4 is 0 Å². The fourth-order valence-electron chi connectivity index (χ4n) is 1.77. The molecule has 0 radical (unpaired) electrons. The second-order valence-electron chi connectivity index (χ2n) is 3.34. The van der Waals surface area contributed by atoms with Gasteiger partial charge in [-0.15, -0.1) is 0 Å². The van der Waals surface area contributed by atoms with E-state index in [1.165, 1.54) is 6.42 Å². The Bertz CT molecular complexity index is 129. The monoisotopic (exact) mass is 159 g/mol. The highest BCUT2D eigenvalue weighted by Gasteiger charge is 2.37. The van der Waals surface area contributed by atoms with Gasteiger partial charge < -0.3 is 9.84 Å². The molecule has 1 unspecified atom stereocenters. The van der Waals surface area contributed by atoms with Crippen LogP contribution in [0.4, 0.5) is 0 Å². The fourth-order valence-corrected chi connectivity index (χ4v) is 1.77. The molecule has 1 atom stereocenters. The summed E-state index contributed by atoms with van der Waals surface area (Å²) in [7, 11) is 3.73. The summed E-state index contributed by atoms with van der Waals surface area (Å²) in [5.41, 5.74) is -0.0885. The van der Waals surface area contributed by atoms with Crippen LogP contribution in [0.25, 0.3) is 0 Å². The zero-order valence-corrected chi connectivity index (χ0v) is 7.34. The van der Waals surface area contributed by atoms with Crippen molar-refractivity contribution in [2.75, 3.05) is 33.9 Å². The molecule has 66 valence electrons. The van der Waals surface area contributed by atoms with E-state index in [9.17, 15) is 5.11 Å². The number of likely N-dealkylation sites (tertiary alicyclic amines) is 1. The van der Waals surface area contributed by atoms with Crippen LogP contribution >= 0.6 is 0 Å². The molecule has 1 N–H and O–H groups in total.